The van der Waals surface area contributed by atoms with Crippen LogP contribution in [0.15, 0.2) is 69.9 Å². The molecule has 1 N–H and O–H groups in total. The molecule has 2 aromatic carbocycles. The maximum Gasteiger partial charge on any atom is 0.292 e. The van der Waals surface area contributed by atoms with Gasteiger partial charge in [0.05, 0.1) is 16.1 Å². The minimum Gasteiger partial charge on any atom is -0.320 e. The molecule has 0 bridgehead atoms. The van der Waals surface area contributed by atoms with E-state index in [0.717, 1.165) is 22.9 Å². The van der Waals surface area contributed by atoms with E-state index in [1.165, 1.54) is 34.1 Å². The number of para-hydroxylation sites is 2. The van der Waals surface area contributed by atoms with Crippen LogP contribution in [0, 0.1) is 10.1 Å². The van der Waals surface area contributed by atoms with E-state index >= 15 is 0 Å². The number of nitro groups is 1. The topological polar surface area (TPSA) is 107 Å². The number of thiophene rings is 1. The smallest absolute Gasteiger partial charge is 0.292 e. The van der Waals surface area contributed by atoms with Gasteiger partial charge in [0.25, 0.3) is 11.2 Å². The number of thioether (sulfide) groups is 1. The van der Waals surface area contributed by atoms with Crippen molar-refractivity contribution in [3.05, 3.63) is 80.4 Å². The number of nitrogens with zero attached hydrogens (tertiary/aromatic N) is 3. The summed E-state index contributed by atoms with van der Waals surface area (Å²) in [6.07, 6.45) is 0. The molecular weight excluding hydrogens is 436 g/mol. The minimum absolute atomic E-state index is 0.0469. The lowest BCUT2D eigenvalue weighted by Crippen LogP contribution is -2.21. The second kappa shape index (κ2) is 8.70. The number of benzene rings is 2. The zero-order valence-corrected chi connectivity index (χ0v) is 17.9. The molecule has 0 saturated heterocycles. The van der Waals surface area contributed by atoms with Gasteiger partial charge in [-0.05, 0) is 11.6 Å². The summed E-state index contributed by atoms with van der Waals surface area (Å²) in [7, 11) is 1.61. The Morgan fingerprint density at radius 1 is 1.19 bits per heavy atom. The van der Waals surface area contributed by atoms with Crippen molar-refractivity contribution in [1.29, 1.82) is 0 Å². The molecule has 0 atom stereocenters. The highest BCUT2D eigenvalue weighted by molar-refractivity contribution is 7.99. The Balaban J connectivity index is 1.56. The van der Waals surface area contributed by atoms with Gasteiger partial charge in [0, 0.05) is 24.1 Å². The van der Waals surface area contributed by atoms with Gasteiger partial charge in [-0.1, -0.05) is 54.2 Å². The number of aromatic nitrogens is 2. The molecule has 156 valence electrons. The van der Waals surface area contributed by atoms with Gasteiger partial charge in [-0.25, -0.2) is 4.98 Å². The van der Waals surface area contributed by atoms with E-state index in [9.17, 15) is 19.7 Å². The number of amides is 1. The number of rotatable bonds is 6. The van der Waals surface area contributed by atoms with Crippen molar-refractivity contribution < 1.29 is 9.72 Å². The highest BCUT2D eigenvalue weighted by Gasteiger charge is 2.18. The molecule has 0 saturated carbocycles. The van der Waals surface area contributed by atoms with Crippen LogP contribution in [0.1, 0.15) is 0 Å². The van der Waals surface area contributed by atoms with E-state index in [0.29, 0.717) is 15.4 Å². The standard InChI is InChI=1S/C21H16N4O4S2/c1-24-20(27)18-14(13-7-3-2-4-8-13)11-30-19(18)23-21(24)31-12-17(26)22-15-9-5-6-10-16(15)25(28)29/h2-11H,12H2,1H3,(H,22,26). The molecule has 0 spiro atoms. The van der Waals surface area contributed by atoms with E-state index in [2.05, 4.69) is 10.3 Å². The molecule has 2 heterocycles. The van der Waals surface area contributed by atoms with E-state index in [4.69, 9.17) is 0 Å². The molecule has 0 unspecified atom stereocenters. The highest BCUT2D eigenvalue weighted by Crippen LogP contribution is 2.32. The van der Waals surface area contributed by atoms with Gasteiger partial charge in [-0.15, -0.1) is 11.3 Å². The zero-order valence-electron chi connectivity index (χ0n) is 16.3. The number of carbonyl (C=O) groups excluding carboxylic acids is 1. The number of anilines is 1. The molecule has 8 nitrogen and oxygen atoms in total. The Morgan fingerprint density at radius 3 is 2.65 bits per heavy atom. The Labute approximate surface area is 184 Å². The second-order valence-electron chi connectivity index (χ2n) is 6.57. The molecule has 0 aliphatic carbocycles. The lowest BCUT2D eigenvalue weighted by atomic mass is 10.1. The fourth-order valence-electron chi connectivity index (χ4n) is 3.07. The van der Waals surface area contributed by atoms with Crippen molar-refractivity contribution in [3.8, 4) is 11.1 Å². The van der Waals surface area contributed by atoms with Crippen molar-refractivity contribution in [2.45, 2.75) is 5.16 Å². The molecule has 0 aliphatic heterocycles. The van der Waals surface area contributed by atoms with Crippen LogP contribution in [0.3, 0.4) is 0 Å². The molecule has 4 rings (SSSR count). The van der Waals surface area contributed by atoms with Crippen LogP contribution in [0.2, 0.25) is 0 Å². The van der Waals surface area contributed by atoms with Gasteiger partial charge >= 0.3 is 0 Å². The number of nitrogens with one attached hydrogen (secondary N) is 1. The van der Waals surface area contributed by atoms with Gasteiger partial charge in [-0.2, -0.15) is 0 Å². The first-order chi connectivity index (χ1) is 15.0. The van der Waals surface area contributed by atoms with Crippen molar-refractivity contribution >= 4 is 50.6 Å². The van der Waals surface area contributed by atoms with Gasteiger partial charge in [-0.3, -0.25) is 24.3 Å². The van der Waals surface area contributed by atoms with Crippen LogP contribution in [-0.4, -0.2) is 26.1 Å². The summed E-state index contributed by atoms with van der Waals surface area (Å²) < 4.78 is 1.42. The summed E-state index contributed by atoms with van der Waals surface area (Å²) in [5.74, 6) is -0.473. The van der Waals surface area contributed by atoms with Gasteiger partial charge < -0.3 is 5.32 Å². The van der Waals surface area contributed by atoms with E-state index in [1.54, 1.807) is 13.1 Å². The lowest BCUT2D eigenvalue weighted by Gasteiger charge is -2.09. The molecule has 10 heteroatoms. The summed E-state index contributed by atoms with van der Waals surface area (Å²) in [6.45, 7) is 0. The summed E-state index contributed by atoms with van der Waals surface area (Å²) >= 11 is 2.47. The summed E-state index contributed by atoms with van der Waals surface area (Å²) in [5, 5.41) is 16.5. The molecule has 1 amide bonds. The number of hydrogen-bond acceptors (Lipinski definition) is 7. The fourth-order valence-corrected chi connectivity index (χ4v) is 4.83. The van der Waals surface area contributed by atoms with Crippen LogP contribution in [-0.2, 0) is 11.8 Å². The Hall–Kier alpha value is -3.50. The first-order valence-electron chi connectivity index (χ1n) is 9.15. The monoisotopic (exact) mass is 452 g/mol. The van der Waals surface area contributed by atoms with Crippen molar-refractivity contribution in [1.82, 2.24) is 9.55 Å². The molecule has 4 aromatic rings. The third-order valence-corrected chi connectivity index (χ3v) is 6.47. The third kappa shape index (κ3) is 4.21. The average molecular weight is 453 g/mol. The predicted octanol–water partition coefficient (Wildman–Crippen LogP) is 4.30. The molecule has 0 aliphatic rings. The zero-order chi connectivity index (χ0) is 22.0. The first-order valence-corrected chi connectivity index (χ1v) is 11.0. The highest BCUT2D eigenvalue weighted by atomic mass is 32.2. The molecule has 0 fully saturated rings. The van der Waals surface area contributed by atoms with Crippen molar-refractivity contribution in [2.24, 2.45) is 7.05 Å². The first kappa shape index (κ1) is 20.8. The summed E-state index contributed by atoms with van der Waals surface area (Å²) in [6, 6.07) is 15.6. The van der Waals surface area contributed by atoms with E-state index in [-0.39, 0.29) is 22.7 Å². The number of nitro benzene ring substituents is 1. The summed E-state index contributed by atoms with van der Waals surface area (Å²) in [5.41, 5.74) is 1.53. The average Bonchev–Trinajstić information content (AvgIpc) is 3.20. The van der Waals surface area contributed by atoms with Crippen molar-refractivity contribution in [3.63, 3.8) is 0 Å². The van der Waals surface area contributed by atoms with Crippen LogP contribution in [0.5, 0.6) is 0 Å². The quantitative estimate of drug-likeness (QED) is 0.202. The lowest BCUT2D eigenvalue weighted by molar-refractivity contribution is -0.383. The van der Waals surface area contributed by atoms with Gasteiger partial charge in [0.2, 0.25) is 5.91 Å². The Kier molecular flexibility index (Phi) is 5.83. The second-order valence-corrected chi connectivity index (χ2v) is 8.37. The largest absolute Gasteiger partial charge is 0.320 e. The van der Waals surface area contributed by atoms with Crippen LogP contribution >= 0.6 is 23.1 Å². The number of carbonyl (C=O) groups is 1. The summed E-state index contributed by atoms with van der Waals surface area (Å²) in [4.78, 5) is 41.0. The van der Waals surface area contributed by atoms with Gasteiger partial charge in [0.1, 0.15) is 10.5 Å². The van der Waals surface area contributed by atoms with Crippen LogP contribution in [0.25, 0.3) is 21.3 Å². The Morgan fingerprint density at radius 2 is 1.90 bits per heavy atom. The minimum atomic E-state index is -0.553. The SMILES string of the molecule is Cn1c(SCC(=O)Nc2ccccc2[N+](=O)[O-])nc2scc(-c3ccccc3)c2c1=O. The van der Waals surface area contributed by atoms with E-state index < -0.39 is 10.8 Å². The number of fused-ring (bicyclic) bond motifs is 1. The molecule has 2 aromatic heterocycles. The predicted molar refractivity (Wildman–Crippen MR) is 123 cm³/mol. The fraction of sp³-hybridized carbons (Fsp3) is 0.0952. The van der Waals surface area contributed by atoms with Crippen molar-refractivity contribution in [2.75, 3.05) is 11.1 Å². The van der Waals surface area contributed by atoms with Gasteiger partial charge in [0.15, 0.2) is 5.16 Å². The maximum absolute atomic E-state index is 13.0. The molecule has 31 heavy (non-hydrogen) atoms. The van der Waals surface area contributed by atoms with Crippen LogP contribution in [0.4, 0.5) is 11.4 Å². The molecular formula is C21H16N4O4S2. The van der Waals surface area contributed by atoms with Crippen LogP contribution < -0.4 is 10.9 Å². The number of hydrogen-bond donors (Lipinski definition) is 1. The maximum atomic E-state index is 13.0. The molecule has 0 radical (unpaired) electrons. The van der Waals surface area contributed by atoms with E-state index in [1.807, 2.05) is 35.7 Å². The third-order valence-electron chi connectivity index (χ3n) is 4.57. The Bertz CT molecular complexity index is 1350. The normalized spacial score (nSPS) is 10.9.